The first-order valence-corrected chi connectivity index (χ1v) is 9.12. The van der Waals surface area contributed by atoms with Crippen molar-refractivity contribution in [2.24, 2.45) is 5.10 Å². The molecule has 5 nitrogen and oxygen atoms in total. The van der Waals surface area contributed by atoms with Crippen LogP contribution in [0.4, 0.5) is 4.39 Å². The van der Waals surface area contributed by atoms with Crippen molar-refractivity contribution >= 4 is 12.1 Å². The maximum absolute atomic E-state index is 12.9. The van der Waals surface area contributed by atoms with Crippen molar-refractivity contribution in [1.29, 1.82) is 0 Å². The van der Waals surface area contributed by atoms with Crippen LogP contribution in [0.1, 0.15) is 18.1 Å². The zero-order chi connectivity index (χ0) is 20.5. The number of rotatable bonds is 8. The lowest BCUT2D eigenvalue weighted by molar-refractivity contribution is -0.127. The summed E-state index contributed by atoms with van der Waals surface area (Å²) in [5.74, 6) is 0.686. The molecule has 6 heteroatoms. The predicted molar refractivity (Wildman–Crippen MR) is 109 cm³/mol. The average molecular weight is 392 g/mol. The summed E-state index contributed by atoms with van der Waals surface area (Å²) in [6, 6.07) is 22.5. The van der Waals surface area contributed by atoms with Crippen LogP contribution in [-0.4, -0.2) is 18.2 Å². The van der Waals surface area contributed by atoms with Crippen molar-refractivity contribution in [3.8, 4) is 11.5 Å². The van der Waals surface area contributed by atoms with Gasteiger partial charge in [0.2, 0.25) is 0 Å². The molecule has 0 aliphatic carbocycles. The number of benzene rings is 3. The van der Waals surface area contributed by atoms with Crippen molar-refractivity contribution in [1.82, 2.24) is 5.43 Å². The van der Waals surface area contributed by atoms with Crippen LogP contribution in [0.15, 0.2) is 84.0 Å². The Balaban J connectivity index is 1.45. The zero-order valence-electron chi connectivity index (χ0n) is 15.9. The molecule has 0 aliphatic heterocycles. The van der Waals surface area contributed by atoms with Crippen LogP contribution in [0.2, 0.25) is 0 Å². The molecule has 1 atom stereocenters. The molecule has 0 aromatic heterocycles. The molecule has 29 heavy (non-hydrogen) atoms. The van der Waals surface area contributed by atoms with Crippen molar-refractivity contribution < 1.29 is 18.7 Å². The quantitative estimate of drug-likeness (QED) is 0.459. The molecule has 0 radical (unpaired) electrons. The Morgan fingerprint density at radius 1 is 1.00 bits per heavy atom. The number of nitrogens with one attached hydrogen (secondary N) is 1. The number of hydrazone groups is 1. The fourth-order valence-electron chi connectivity index (χ4n) is 2.42. The van der Waals surface area contributed by atoms with E-state index in [4.69, 9.17) is 9.47 Å². The zero-order valence-corrected chi connectivity index (χ0v) is 15.9. The Labute approximate surface area is 168 Å². The van der Waals surface area contributed by atoms with Gasteiger partial charge in [-0.05, 0) is 66.6 Å². The Morgan fingerprint density at radius 3 is 2.38 bits per heavy atom. The summed E-state index contributed by atoms with van der Waals surface area (Å²) in [6.45, 7) is 2.01. The van der Waals surface area contributed by atoms with Gasteiger partial charge in [-0.1, -0.05) is 30.3 Å². The third-order valence-electron chi connectivity index (χ3n) is 4.01. The molecule has 1 amide bonds. The second-order valence-corrected chi connectivity index (χ2v) is 6.29. The number of para-hydroxylation sites is 1. The van der Waals surface area contributed by atoms with Gasteiger partial charge in [0.15, 0.2) is 6.10 Å². The molecule has 3 aromatic rings. The van der Waals surface area contributed by atoms with Crippen LogP contribution in [0.3, 0.4) is 0 Å². The monoisotopic (exact) mass is 392 g/mol. The number of amides is 1. The maximum atomic E-state index is 12.9. The van der Waals surface area contributed by atoms with Gasteiger partial charge >= 0.3 is 0 Å². The van der Waals surface area contributed by atoms with Crippen molar-refractivity contribution in [2.75, 3.05) is 0 Å². The van der Waals surface area contributed by atoms with E-state index in [1.54, 1.807) is 43.3 Å². The van der Waals surface area contributed by atoms with Gasteiger partial charge in [-0.2, -0.15) is 5.10 Å². The smallest absolute Gasteiger partial charge is 0.280 e. The highest BCUT2D eigenvalue weighted by molar-refractivity contribution is 5.84. The van der Waals surface area contributed by atoms with Crippen LogP contribution in [0.25, 0.3) is 0 Å². The van der Waals surface area contributed by atoms with E-state index in [1.165, 1.54) is 18.3 Å². The van der Waals surface area contributed by atoms with Gasteiger partial charge in [-0.15, -0.1) is 0 Å². The van der Waals surface area contributed by atoms with Gasteiger partial charge in [0.1, 0.15) is 23.9 Å². The summed E-state index contributed by atoms with van der Waals surface area (Å²) in [5.41, 5.74) is 4.14. The molecule has 1 unspecified atom stereocenters. The Morgan fingerprint density at radius 2 is 1.69 bits per heavy atom. The van der Waals surface area contributed by atoms with Gasteiger partial charge in [0, 0.05) is 0 Å². The lowest BCUT2D eigenvalue weighted by Gasteiger charge is -2.12. The number of carbonyl (C=O) groups excluding carboxylic acids is 1. The maximum Gasteiger partial charge on any atom is 0.280 e. The second kappa shape index (κ2) is 10.0. The summed E-state index contributed by atoms with van der Waals surface area (Å²) in [7, 11) is 0. The fourth-order valence-corrected chi connectivity index (χ4v) is 2.42. The van der Waals surface area contributed by atoms with E-state index in [0.29, 0.717) is 18.1 Å². The topological polar surface area (TPSA) is 59.9 Å². The fraction of sp³-hybridized carbons (Fsp3) is 0.130. The number of hydrogen-bond donors (Lipinski definition) is 1. The Kier molecular flexibility index (Phi) is 6.95. The third kappa shape index (κ3) is 6.46. The highest BCUT2D eigenvalue weighted by atomic mass is 19.1. The van der Waals surface area contributed by atoms with Crippen LogP contribution in [0.5, 0.6) is 11.5 Å². The largest absolute Gasteiger partial charge is 0.489 e. The first kappa shape index (κ1) is 20.1. The molecule has 3 rings (SSSR count). The molecule has 148 valence electrons. The van der Waals surface area contributed by atoms with Gasteiger partial charge in [-0.25, -0.2) is 9.82 Å². The number of hydrogen-bond acceptors (Lipinski definition) is 4. The minimum Gasteiger partial charge on any atom is -0.489 e. The van der Waals surface area contributed by atoms with Crippen LogP contribution in [0, 0.1) is 5.82 Å². The molecule has 1 N–H and O–H groups in total. The number of halogens is 1. The minimum atomic E-state index is -0.670. The first-order chi connectivity index (χ1) is 14.1. The molecule has 0 heterocycles. The van der Waals surface area contributed by atoms with Gasteiger partial charge < -0.3 is 9.47 Å². The first-order valence-electron chi connectivity index (χ1n) is 9.12. The normalized spacial score (nSPS) is 11.8. The molecule has 3 aromatic carbocycles. The summed E-state index contributed by atoms with van der Waals surface area (Å²) in [5, 5.41) is 3.95. The predicted octanol–water partition coefficient (Wildman–Crippen LogP) is 4.32. The number of carbonyl (C=O) groups is 1. The van der Waals surface area contributed by atoms with Gasteiger partial charge in [-0.3, -0.25) is 4.79 Å². The van der Waals surface area contributed by atoms with Gasteiger partial charge in [0.25, 0.3) is 5.91 Å². The van der Waals surface area contributed by atoms with Crippen LogP contribution in [-0.2, 0) is 11.4 Å². The molecule has 0 bridgehead atoms. The number of nitrogens with zero attached hydrogens (tertiary/aromatic N) is 1. The molecule has 0 fully saturated rings. The number of ether oxygens (including phenoxy) is 2. The standard InChI is InChI=1S/C23H21FN2O3/c1-17(29-22-5-3-2-4-6-22)23(27)26-25-15-18-9-13-21(14-10-18)28-16-19-7-11-20(24)12-8-19/h2-15,17H,16H2,1H3,(H,26,27)/b25-15+. The lowest BCUT2D eigenvalue weighted by atomic mass is 10.2. The third-order valence-corrected chi connectivity index (χ3v) is 4.01. The van der Waals surface area contributed by atoms with E-state index in [0.717, 1.165) is 11.1 Å². The second-order valence-electron chi connectivity index (χ2n) is 6.29. The van der Waals surface area contributed by atoms with E-state index < -0.39 is 6.10 Å². The van der Waals surface area contributed by atoms with E-state index in [1.807, 2.05) is 30.3 Å². The van der Waals surface area contributed by atoms with E-state index in [2.05, 4.69) is 10.5 Å². The average Bonchev–Trinajstić information content (AvgIpc) is 2.75. The summed E-state index contributed by atoms with van der Waals surface area (Å²) >= 11 is 0. The van der Waals surface area contributed by atoms with E-state index in [9.17, 15) is 9.18 Å². The Hall–Kier alpha value is -3.67. The van der Waals surface area contributed by atoms with Gasteiger partial charge in [0.05, 0.1) is 6.21 Å². The van der Waals surface area contributed by atoms with Crippen LogP contribution < -0.4 is 14.9 Å². The van der Waals surface area contributed by atoms with Crippen molar-refractivity contribution in [3.63, 3.8) is 0 Å². The van der Waals surface area contributed by atoms with Crippen LogP contribution >= 0.6 is 0 Å². The Bertz CT molecular complexity index is 942. The molecular formula is C23H21FN2O3. The lowest BCUT2D eigenvalue weighted by Crippen LogP contribution is -2.33. The SMILES string of the molecule is CC(Oc1ccccc1)C(=O)N/N=C/c1ccc(OCc2ccc(F)cc2)cc1. The van der Waals surface area contributed by atoms with E-state index >= 15 is 0 Å². The summed E-state index contributed by atoms with van der Waals surface area (Å²) in [4.78, 5) is 12.0. The molecule has 0 spiro atoms. The molecule has 0 saturated carbocycles. The van der Waals surface area contributed by atoms with Crippen molar-refractivity contribution in [2.45, 2.75) is 19.6 Å². The highest BCUT2D eigenvalue weighted by Gasteiger charge is 2.13. The van der Waals surface area contributed by atoms with Crippen molar-refractivity contribution in [3.05, 3.63) is 95.8 Å². The molecular weight excluding hydrogens is 371 g/mol. The minimum absolute atomic E-state index is 0.273. The molecule has 0 saturated heterocycles. The molecule has 0 aliphatic rings. The summed E-state index contributed by atoms with van der Waals surface area (Å²) in [6.07, 6.45) is 0.869. The van der Waals surface area contributed by atoms with E-state index in [-0.39, 0.29) is 11.7 Å². The highest BCUT2D eigenvalue weighted by Crippen LogP contribution is 2.14. The summed E-state index contributed by atoms with van der Waals surface area (Å²) < 4.78 is 24.1.